The van der Waals surface area contributed by atoms with Crippen LogP contribution in [0.2, 0.25) is 0 Å². The number of thiophene rings is 1. The molecule has 2 rings (SSSR count). The Hall–Kier alpha value is -1.40. The molecular weight excluding hydrogens is 280 g/mol. The highest BCUT2D eigenvalue weighted by atomic mass is 32.1. The monoisotopic (exact) mass is 290 g/mol. The average molecular weight is 290 g/mol. The number of benzene rings is 1. The van der Waals surface area contributed by atoms with E-state index in [0.717, 1.165) is 17.7 Å². The Morgan fingerprint density at radius 2 is 1.89 bits per heavy atom. The van der Waals surface area contributed by atoms with Crippen LogP contribution in [0.25, 0.3) is 10.4 Å². The zero-order chi connectivity index (χ0) is 14.2. The zero-order valence-electron chi connectivity index (χ0n) is 9.88. The molecule has 0 aliphatic carbocycles. The van der Waals surface area contributed by atoms with Crippen molar-refractivity contribution in [3.8, 4) is 10.4 Å². The minimum absolute atomic E-state index is 0.112. The molecule has 0 saturated heterocycles. The number of alkyl halides is 3. The fourth-order valence-electron chi connectivity index (χ4n) is 1.70. The predicted molar refractivity (Wildman–Crippen MR) is 65.4 cm³/mol. The minimum Gasteiger partial charge on any atom is -0.391 e. The molecule has 0 bridgehead atoms. The van der Waals surface area contributed by atoms with Crippen LogP contribution in [0, 0.1) is 12.7 Å². The smallest absolute Gasteiger partial charge is 0.391 e. The molecule has 0 atom stereocenters. The molecule has 19 heavy (non-hydrogen) atoms. The van der Waals surface area contributed by atoms with Crippen LogP contribution < -0.4 is 0 Å². The minimum atomic E-state index is -4.55. The van der Waals surface area contributed by atoms with Gasteiger partial charge in [-0.15, -0.1) is 11.3 Å². The van der Waals surface area contributed by atoms with E-state index in [1.54, 1.807) is 13.0 Å². The molecule has 102 valence electrons. The highest BCUT2D eigenvalue weighted by molar-refractivity contribution is 7.15. The van der Waals surface area contributed by atoms with Crippen LogP contribution in [-0.2, 0) is 12.8 Å². The molecule has 1 N–H and O–H groups in total. The van der Waals surface area contributed by atoms with Crippen molar-refractivity contribution in [2.45, 2.75) is 19.7 Å². The van der Waals surface area contributed by atoms with Crippen molar-refractivity contribution in [2.75, 3.05) is 0 Å². The molecule has 0 aliphatic rings. The standard InChI is InChI=1S/C13H10F4OS/c1-7-4-11(19-12(7)6-18)9-3-2-8(5-10(9)14)13(15,16)17/h2-5,18H,6H2,1H3. The van der Waals surface area contributed by atoms with Gasteiger partial charge in [0, 0.05) is 15.3 Å². The molecule has 0 spiro atoms. The van der Waals surface area contributed by atoms with E-state index in [0.29, 0.717) is 15.8 Å². The molecule has 0 fully saturated rings. The van der Waals surface area contributed by atoms with Gasteiger partial charge in [0.15, 0.2) is 0 Å². The summed E-state index contributed by atoms with van der Waals surface area (Å²) in [6, 6.07) is 4.11. The number of rotatable bonds is 2. The van der Waals surface area contributed by atoms with Crippen molar-refractivity contribution in [1.29, 1.82) is 0 Å². The maximum Gasteiger partial charge on any atom is 0.416 e. The first-order valence-electron chi connectivity index (χ1n) is 5.40. The number of aliphatic hydroxyl groups excluding tert-OH is 1. The largest absolute Gasteiger partial charge is 0.416 e. The van der Waals surface area contributed by atoms with Gasteiger partial charge >= 0.3 is 6.18 Å². The van der Waals surface area contributed by atoms with Gasteiger partial charge in [-0.1, -0.05) is 6.07 Å². The van der Waals surface area contributed by atoms with E-state index in [9.17, 15) is 17.6 Å². The molecule has 0 amide bonds. The van der Waals surface area contributed by atoms with Crippen molar-refractivity contribution in [1.82, 2.24) is 0 Å². The van der Waals surface area contributed by atoms with E-state index in [-0.39, 0.29) is 12.2 Å². The lowest BCUT2D eigenvalue weighted by Crippen LogP contribution is -2.05. The van der Waals surface area contributed by atoms with Crippen molar-refractivity contribution in [2.24, 2.45) is 0 Å². The summed E-state index contributed by atoms with van der Waals surface area (Å²) < 4.78 is 51.0. The molecule has 2 aromatic rings. The third-order valence-electron chi connectivity index (χ3n) is 2.73. The normalized spacial score (nSPS) is 11.9. The fraction of sp³-hybridized carbons (Fsp3) is 0.231. The molecule has 1 nitrogen and oxygen atoms in total. The number of hydrogen-bond donors (Lipinski definition) is 1. The second kappa shape index (κ2) is 4.94. The Morgan fingerprint density at radius 3 is 2.37 bits per heavy atom. The molecule has 0 unspecified atom stereocenters. The van der Waals surface area contributed by atoms with E-state index < -0.39 is 17.6 Å². The summed E-state index contributed by atoms with van der Waals surface area (Å²) in [5.41, 5.74) is -0.105. The van der Waals surface area contributed by atoms with E-state index in [1.165, 1.54) is 11.3 Å². The molecule has 0 radical (unpaired) electrons. The molecule has 1 heterocycles. The Bertz CT molecular complexity index is 601. The lowest BCUT2D eigenvalue weighted by molar-refractivity contribution is -0.137. The Kier molecular flexibility index (Phi) is 3.64. The average Bonchev–Trinajstić information content (AvgIpc) is 2.69. The second-order valence-electron chi connectivity index (χ2n) is 4.07. The maximum atomic E-state index is 13.8. The predicted octanol–water partition coefficient (Wildman–Crippen LogP) is 4.37. The van der Waals surface area contributed by atoms with Gasteiger partial charge in [-0.3, -0.25) is 0 Å². The summed E-state index contributed by atoms with van der Waals surface area (Å²) in [4.78, 5) is 1.18. The molecule has 0 saturated carbocycles. The SMILES string of the molecule is Cc1cc(-c2ccc(C(F)(F)F)cc2F)sc1CO. The number of aliphatic hydroxyl groups is 1. The Labute approximate surface area is 111 Å². The zero-order valence-corrected chi connectivity index (χ0v) is 10.7. The summed E-state index contributed by atoms with van der Waals surface area (Å²) in [6.07, 6.45) is -4.55. The van der Waals surface area contributed by atoms with Crippen molar-refractivity contribution in [3.05, 3.63) is 46.1 Å². The summed E-state index contributed by atoms with van der Waals surface area (Å²) in [6.45, 7) is 1.59. The van der Waals surface area contributed by atoms with Crippen LogP contribution in [-0.4, -0.2) is 5.11 Å². The van der Waals surface area contributed by atoms with Gasteiger partial charge in [-0.2, -0.15) is 13.2 Å². The van der Waals surface area contributed by atoms with Gasteiger partial charge in [0.1, 0.15) is 5.82 Å². The molecule has 1 aromatic heterocycles. The van der Waals surface area contributed by atoms with Crippen LogP contribution in [0.3, 0.4) is 0 Å². The van der Waals surface area contributed by atoms with Gasteiger partial charge in [-0.05, 0) is 30.7 Å². The van der Waals surface area contributed by atoms with Gasteiger partial charge in [0.2, 0.25) is 0 Å². The third-order valence-corrected chi connectivity index (χ3v) is 3.98. The maximum absolute atomic E-state index is 13.8. The number of aryl methyl sites for hydroxylation is 1. The van der Waals surface area contributed by atoms with E-state index >= 15 is 0 Å². The van der Waals surface area contributed by atoms with Crippen LogP contribution in [0.5, 0.6) is 0 Å². The van der Waals surface area contributed by atoms with Gasteiger partial charge in [0.25, 0.3) is 0 Å². The topological polar surface area (TPSA) is 20.2 Å². The van der Waals surface area contributed by atoms with Crippen molar-refractivity contribution < 1.29 is 22.7 Å². The Balaban J connectivity index is 2.46. The molecular formula is C13H10F4OS. The molecule has 1 aromatic carbocycles. The van der Waals surface area contributed by atoms with E-state index in [1.807, 2.05) is 0 Å². The van der Waals surface area contributed by atoms with Crippen LogP contribution in [0.15, 0.2) is 24.3 Å². The number of halogens is 4. The molecule has 6 heteroatoms. The first-order valence-corrected chi connectivity index (χ1v) is 6.22. The van der Waals surface area contributed by atoms with Crippen LogP contribution >= 0.6 is 11.3 Å². The number of hydrogen-bond acceptors (Lipinski definition) is 2. The summed E-state index contributed by atoms with van der Waals surface area (Å²) in [5, 5.41) is 9.07. The van der Waals surface area contributed by atoms with Crippen molar-refractivity contribution in [3.63, 3.8) is 0 Å². The second-order valence-corrected chi connectivity index (χ2v) is 5.20. The first kappa shape index (κ1) is 14.0. The Morgan fingerprint density at radius 1 is 1.21 bits per heavy atom. The lowest BCUT2D eigenvalue weighted by Gasteiger charge is -2.08. The van der Waals surface area contributed by atoms with Gasteiger partial charge < -0.3 is 5.11 Å². The highest BCUT2D eigenvalue weighted by Crippen LogP contribution is 2.36. The highest BCUT2D eigenvalue weighted by Gasteiger charge is 2.31. The van der Waals surface area contributed by atoms with Crippen molar-refractivity contribution >= 4 is 11.3 Å². The lowest BCUT2D eigenvalue weighted by atomic mass is 10.1. The quantitative estimate of drug-likeness (QED) is 0.814. The first-order chi connectivity index (χ1) is 8.82. The van der Waals surface area contributed by atoms with Gasteiger partial charge in [-0.25, -0.2) is 4.39 Å². The van der Waals surface area contributed by atoms with E-state index in [4.69, 9.17) is 5.11 Å². The summed E-state index contributed by atoms with van der Waals surface area (Å²) in [5.74, 6) is -0.916. The fourth-order valence-corrected chi connectivity index (χ4v) is 2.76. The summed E-state index contributed by atoms with van der Waals surface area (Å²) in [7, 11) is 0. The third kappa shape index (κ3) is 2.79. The van der Waals surface area contributed by atoms with Crippen LogP contribution in [0.1, 0.15) is 16.0 Å². The van der Waals surface area contributed by atoms with Gasteiger partial charge in [0.05, 0.1) is 12.2 Å². The summed E-state index contributed by atoms with van der Waals surface area (Å²) >= 11 is 1.17. The van der Waals surface area contributed by atoms with Crippen LogP contribution in [0.4, 0.5) is 17.6 Å². The molecule has 0 aliphatic heterocycles. The van der Waals surface area contributed by atoms with E-state index in [2.05, 4.69) is 0 Å².